The Hall–Kier alpha value is -2.03. The molecule has 0 bridgehead atoms. The van der Waals surface area contributed by atoms with Gasteiger partial charge in [0.2, 0.25) is 0 Å². The van der Waals surface area contributed by atoms with E-state index in [0.717, 1.165) is 16.3 Å². The summed E-state index contributed by atoms with van der Waals surface area (Å²) >= 11 is 0. The maximum atomic E-state index is 12.4. The van der Waals surface area contributed by atoms with E-state index in [1.807, 2.05) is 64.1 Å². The number of esters is 1. The fourth-order valence-corrected chi connectivity index (χ4v) is 2.41. The average Bonchev–Trinajstić information content (AvgIpc) is 2.43. The van der Waals surface area contributed by atoms with Crippen molar-refractivity contribution in [3.8, 4) is 5.75 Å². The topological polar surface area (TPSA) is 35.5 Å². The zero-order valence-corrected chi connectivity index (χ0v) is 13.3. The molecule has 0 heterocycles. The highest BCUT2D eigenvalue weighted by atomic mass is 16.6. The molecule has 0 amide bonds. The van der Waals surface area contributed by atoms with Crippen LogP contribution in [0.4, 0.5) is 0 Å². The number of benzene rings is 2. The fourth-order valence-electron chi connectivity index (χ4n) is 2.41. The second kappa shape index (κ2) is 5.76. The van der Waals surface area contributed by atoms with Crippen molar-refractivity contribution in [2.75, 3.05) is 7.11 Å². The number of methoxy groups -OCH3 is 1. The maximum Gasteiger partial charge on any atom is 0.313 e. The predicted octanol–water partition coefficient (Wildman–Crippen LogP) is 4.29. The molecule has 1 unspecified atom stereocenters. The standard InChI is InChI=1S/C18H22O3/c1-12(17(19)21-18(2,3)4)16-14-9-7-6-8-13(14)10-11-15(16)20-5/h6-12H,1-5H3. The molecule has 0 aliphatic rings. The van der Waals surface area contributed by atoms with Crippen LogP contribution in [0.15, 0.2) is 36.4 Å². The van der Waals surface area contributed by atoms with Crippen LogP contribution >= 0.6 is 0 Å². The van der Waals surface area contributed by atoms with Crippen molar-refractivity contribution in [1.82, 2.24) is 0 Å². The number of ether oxygens (including phenoxy) is 2. The molecule has 3 heteroatoms. The van der Waals surface area contributed by atoms with Gasteiger partial charge in [0, 0.05) is 5.56 Å². The van der Waals surface area contributed by atoms with Gasteiger partial charge in [-0.25, -0.2) is 0 Å². The van der Waals surface area contributed by atoms with E-state index >= 15 is 0 Å². The Kier molecular flexibility index (Phi) is 4.21. The second-order valence-corrected chi connectivity index (χ2v) is 6.16. The van der Waals surface area contributed by atoms with Crippen LogP contribution in [-0.4, -0.2) is 18.7 Å². The summed E-state index contributed by atoms with van der Waals surface area (Å²) in [5.74, 6) is 0.0921. The number of carbonyl (C=O) groups is 1. The number of hydrogen-bond donors (Lipinski definition) is 0. The molecule has 0 saturated carbocycles. The highest BCUT2D eigenvalue weighted by molar-refractivity contribution is 5.93. The number of carbonyl (C=O) groups excluding carboxylic acids is 1. The zero-order chi connectivity index (χ0) is 15.6. The molecule has 2 aromatic carbocycles. The van der Waals surface area contributed by atoms with Crippen LogP contribution < -0.4 is 4.74 Å². The molecule has 0 N–H and O–H groups in total. The SMILES string of the molecule is COc1ccc2ccccc2c1C(C)C(=O)OC(C)(C)C. The van der Waals surface area contributed by atoms with Crippen LogP contribution in [0.5, 0.6) is 5.75 Å². The zero-order valence-electron chi connectivity index (χ0n) is 13.3. The molecular formula is C18H22O3. The molecule has 0 aliphatic carbocycles. The molecular weight excluding hydrogens is 264 g/mol. The second-order valence-electron chi connectivity index (χ2n) is 6.16. The third-order valence-corrected chi connectivity index (χ3v) is 3.34. The van der Waals surface area contributed by atoms with E-state index in [2.05, 4.69) is 0 Å². The Morgan fingerprint density at radius 3 is 2.38 bits per heavy atom. The third kappa shape index (κ3) is 3.35. The van der Waals surface area contributed by atoms with E-state index in [4.69, 9.17) is 9.47 Å². The van der Waals surface area contributed by atoms with Gasteiger partial charge in [0.05, 0.1) is 13.0 Å². The quantitative estimate of drug-likeness (QED) is 0.789. The van der Waals surface area contributed by atoms with Gasteiger partial charge in [0.1, 0.15) is 11.4 Å². The van der Waals surface area contributed by atoms with E-state index in [-0.39, 0.29) is 11.9 Å². The van der Waals surface area contributed by atoms with Gasteiger partial charge in [-0.1, -0.05) is 30.3 Å². The maximum absolute atomic E-state index is 12.4. The monoisotopic (exact) mass is 286 g/mol. The van der Waals surface area contributed by atoms with E-state index < -0.39 is 5.60 Å². The Morgan fingerprint density at radius 1 is 1.10 bits per heavy atom. The number of fused-ring (bicyclic) bond motifs is 1. The third-order valence-electron chi connectivity index (χ3n) is 3.34. The molecule has 2 aromatic rings. The summed E-state index contributed by atoms with van der Waals surface area (Å²) in [6, 6.07) is 11.9. The molecule has 0 spiro atoms. The van der Waals surface area contributed by atoms with Gasteiger partial charge in [-0.2, -0.15) is 0 Å². The molecule has 0 aromatic heterocycles. The Bertz CT molecular complexity index is 653. The van der Waals surface area contributed by atoms with E-state index in [1.54, 1.807) is 7.11 Å². The first kappa shape index (κ1) is 15.4. The van der Waals surface area contributed by atoms with Gasteiger partial charge < -0.3 is 9.47 Å². The normalized spacial score (nSPS) is 13.0. The molecule has 3 nitrogen and oxygen atoms in total. The van der Waals surface area contributed by atoms with Crippen molar-refractivity contribution < 1.29 is 14.3 Å². The molecule has 112 valence electrons. The molecule has 0 radical (unpaired) electrons. The lowest BCUT2D eigenvalue weighted by Gasteiger charge is -2.24. The summed E-state index contributed by atoms with van der Waals surface area (Å²) in [7, 11) is 1.62. The Balaban J connectivity index is 2.51. The average molecular weight is 286 g/mol. The van der Waals surface area contributed by atoms with E-state index in [9.17, 15) is 4.79 Å². The van der Waals surface area contributed by atoms with Gasteiger partial charge in [-0.3, -0.25) is 4.79 Å². The summed E-state index contributed by atoms with van der Waals surface area (Å²) in [4.78, 5) is 12.4. The lowest BCUT2D eigenvalue weighted by Crippen LogP contribution is -2.27. The molecule has 0 fully saturated rings. The summed E-state index contributed by atoms with van der Waals surface area (Å²) in [6.07, 6.45) is 0. The molecule has 0 aliphatic heterocycles. The minimum absolute atomic E-state index is 0.239. The van der Waals surface area contributed by atoms with E-state index in [1.165, 1.54) is 0 Å². The summed E-state index contributed by atoms with van der Waals surface area (Å²) < 4.78 is 11.0. The highest BCUT2D eigenvalue weighted by Crippen LogP contribution is 2.35. The minimum atomic E-state index is -0.497. The van der Waals surface area contributed by atoms with Crippen LogP contribution in [0, 0.1) is 0 Å². The van der Waals surface area contributed by atoms with E-state index in [0.29, 0.717) is 5.75 Å². The van der Waals surface area contributed by atoms with Crippen molar-refractivity contribution in [3.05, 3.63) is 42.0 Å². The molecule has 0 saturated heterocycles. The number of rotatable bonds is 3. The van der Waals surface area contributed by atoms with Gasteiger partial charge >= 0.3 is 5.97 Å². The number of hydrogen-bond acceptors (Lipinski definition) is 3. The Morgan fingerprint density at radius 2 is 1.76 bits per heavy atom. The van der Waals surface area contributed by atoms with Gasteiger partial charge in [0.25, 0.3) is 0 Å². The van der Waals surface area contributed by atoms with Crippen LogP contribution in [-0.2, 0) is 9.53 Å². The first-order valence-corrected chi connectivity index (χ1v) is 7.12. The van der Waals surface area contributed by atoms with Crippen LogP contribution in [0.1, 0.15) is 39.2 Å². The summed E-state index contributed by atoms with van der Waals surface area (Å²) in [6.45, 7) is 7.48. The van der Waals surface area contributed by atoms with Crippen molar-refractivity contribution in [1.29, 1.82) is 0 Å². The van der Waals surface area contributed by atoms with Crippen LogP contribution in [0.2, 0.25) is 0 Å². The van der Waals surface area contributed by atoms with Crippen molar-refractivity contribution in [2.24, 2.45) is 0 Å². The highest BCUT2D eigenvalue weighted by Gasteiger charge is 2.26. The fraction of sp³-hybridized carbons (Fsp3) is 0.389. The molecule has 21 heavy (non-hydrogen) atoms. The van der Waals surface area contributed by atoms with Crippen molar-refractivity contribution in [2.45, 2.75) is 39.2 Å². The van der Waals surface area contributed by atoms with Crippen molar-refractivity contribution >= 4 is 16.7 Å². The largest absolute Gasteiger partial charge is 0.496 e. The van der Waals surface area contributed by atoms with Gasteiger partial charge in [-0.05, 0) is 44.5 Å². The van der Waals surface area contributed by atoms with Crippen molar-refractivity contribution in [3.63, 3.8) is 0 Å². The van der Waals surface area contributed by atoms with Crippen LogP contribution in [0.3, 0.4) is 0 Å². The van der Waals surface area contributed by atoms with Gasteiger partial charge in [0.15, 0.2) is 0 Å². The lowest BCUT2D eigenvalue weighted by atomic mass is 9.93. The van der Waals surface area contributed by atoms with Gasteiger partial charge in [-0.15, -0.1) is 0 Å². The predicted molar refractivity (Wildman–Crippen MR) is 84.8 cm³/mol. The smallest absolute Gasteiger partial charge is 0.313 e. The first-order chi connectivity index (χ1) is 9.83. The Labute approximate surface area is 125 Å². The lowest BCUT2D eigenvalue weighted by molar-refractivity contribution is -0.156. The molecule has 2 rings (SSSR count). The van der Waals surface area contributed by atoms with Crippen LogP contribution in [0.25, 0.3) is 10.8 Å². The minimum Gasteiger partial charge on any atom is -0.496 e. The summed E-state index contributed by atoms with van der Waals surface area (Å²) in [5, 5.41) is 2.11. The molecule has 1 atom stereocenters. The summed E-state index contributed by atoms with van der Waals surface area (Å²) in [5.41, 5.74) is 0.383. The first-order valence-electron chi connectivity index (χ1n) is 7.12.